The van der Waals surface area contributed by atoms with E-state index in [1.54, 1.807) is 11.1 Å². The minimum atomic E-state index is -0.584. The van der Waals surface area contributed by atoms with Gasteiger partial charge in [-0.15, -0.1) is 0 Å². The van der Waals surface area contributed by atoms with Crippen molar-refractivity contribution in [3.63, 3.8) is 0 Å². The van der Waals surface area contributed by atoms with E-state index in [0.29, 0.717) is 0 Å². The van der Waals surface area contributed by atoms with Gasteiger partial charge in [-0.3, -0.25) is 4.79 Å². The van der Waals surface area contributed by atoms with Gasteiger partial charge in [-0.05, 0) is 50.4 Å². The highest BCUT2D eigenvalue weighted by Gasteiger charge is 2.42. The van der Waals surface area contributed by atoms with Crippen molar-refractivity contribution in [2.75, 3.05) is 0 Å². The molecule has 1 N–H and O–H groups in total. The van der Waals surface area contributed by atoms with E-state index >= 15 is 0 Å². The summed E-state index contributed by atoms with van der Waals surface area (Å²) in [6, 6.07) is 0. The summed E-state index contributed by atoms with van der Waals surface area (Å²) >= 11 is 0. The zero-order valence-corrected chi connectivity index (χ0v) is 8.33. The third kappa shape index (κ3) is 1.06. The molecule has 0 aliphatic heterocycles. The molecule has 0 aromatic heterocycles. The first-order chi connectivity index (χ1) is 6.75. The monoisotopic (exact) mass is 192 g/mol. The van der Waals surface area contributed by atoms with Crippen molar-refractivity contribution in [3.05, 3.63) is 11.1 Å². The molecule has 0 amide bonds. The molecule has 76 valence electrons. The molecule has 14 heavy (non-hydrogen) atoms. The van der Waals surface area contributed by atoms with E-state index in [1.165, 1.54) is 19.3 Å². The van der Waals surface area contributed by atoms with Gasteiger partial charge in [0.25, 0.3) is 0 Å². The smallest absolute Gasteiger partial charge is 0.306 e. The van der Waals surface area contributed by atoms with Crippen LogP contribution in [0.15, 0.2) is 11.1 Å². The van der Waals surface area contributed by atoms with E-state index < -0.39 is 5.97 Å². The van der Waals surface area contributed by atoms with Gasteiger partial charge < -0.3 is 5.11 Å². The van der Waals surface area contributed by atoms with Gasteiger partial charge in [0.05, 0.1) is 5.92 Å². The fourth-order valence-corrected chi connectivity index (χ4v) is 3.71. The number of carbonyl (C=O) groups is 1. The Hall–Kier alpha value is -0.790. The van der Waals surface area contributed by atoms with Gasteiger partial charge in [-0.2, -0.15) is 0 Å². The maximum atomic E-state index is 10.9. The highest BCUT2D eigenvalue weighted by Crippen LogP contribution is 2.54. The van der Waals surface area contributed by atoms with Crippen LogP contribution in [0.25, 0.3) is 0 Å². The third-order valence-electron chi connectivity index (χ3n) is 4.41. The zero-order valence-electron chi connectivity index (χ0n) is 8.33. The predicted molar refractivity (Wildman–Crippen MR) is 52.8 cm³/mol. The molecule has 0 spiro atoms. The summed E-state index contributed by atoms with van der Waals surface area (Å²) in [4.78, 5) is 10.9. The molecule has 3 aliphatic rings. The van der Waals surface area contributed by atoms with Crippen LogP contribution in [-0.2, 0) is 4.79 Å². The first-order valence-corrected chi connectivity index (χ1v) is 5.70. The summed E-state index contributed by atoms with van der Waals surface area (Å²) in [5.41, 5.74) is 3.22. The van der Waals surface area contributed by atoms with Gasteiger partial charge in [-0.25, -0.2) is 0 Å². The minimum absolute atomic E-state index is 0.0758. The van der Waals surface area contributed by atoms with Gasteiger partial charge in [0, 0.05) is 0 Å². The number of carboxylic acids is 1. The molecule has 3 aliphatic carbocycles. The second-order valence-electron chi connectivity index (χ2n) is 5.04. The predicted octanol–water partition coefficient (Wildman–Crippen LogP) is 2.60. The van der Waals surface area contributed by atoms with Crippen LogP contribution in [0, 0.1) is 17.8 Å². The lowest BCUT2D eigenvalue weighted by atomic mass is 9.77. The molecule has 0 heterocycles. The Labute approximate surface area is 84.0 Å². The molecule has 3 rings (SSSR count). The van der Waals surface area contributed by atoms with Crippen LogP contribution >= 0.6 is 0 Å². The van der Waals surface area contributed by atoms with E-state index in [0.717, 1.165) is 31.1 Å². The number of allylic oxidation sites excluding steroid dienone is 2. The molecule has 0 radical (unpaired) electrons. The maximum Gasteiger partial charge on any atom is 0.306 e. The molecule has 3 atom stereocenters. The lowest BCUT2D eigenvalue weighted by Crippen LogP contribution is -2.21. The van der Waals surface area contributed by atoms with E-state index in [9.17, 15) is 4.79 Å². The molecule has 0 saturated heterocycles. The SMILES string of the molecule is O=C(O)C1CCC2=C(C1)C1CCC2C1. The first-order valence-electron chi connectivity index (χ1n) is 5.70. The highest BCUT2D eigenvalue weighted by atomic mass is 16.4. The number of carboxylic acid groups (broad SMARTS) is 1. The van der Waals surface area contributed by atoms with Crippen LogP contribution in [0.5, 0.6) is 0 Å². The number of hydrogen-bond acceptors (Lipinski definition) is 1. The van der Waals surface area contributed by atoms with Crippen LogP contribution in [0.2, 0.25) is 0 Å². The number of hydrogen-bond donors (Lipinski definition) is 1. The van der Waals surface area contributed by atoms with Crippen LogP contribution < -0.4 is 0 Å². The van der Waals surface area contributed by atoms with Crippen molar-refractivity contribution in [1.29, 1.82) is 0 Å². The Kier molecular flexibility index (Phi) is 1.73. The van der Waals surface area contributed by atoms with Gasteiger partial charge in [-0.1, -0.05) is 11.1 Å². The van der Waals surface area contributed by atoms with E-state index in [-0.39, 0.29) is 5.92 Å². The van der Waals surface area contributed by atoms with Crippen molar-refractivity contribution >= 4 is 5.97 Å². The molecule has 1 saturated carbocycles. The normalized spacial score (nSPS) is 40.1. The molecule has 2 heteroatoms. The van der Waals surface area contributed by atoms with E-state index in [4.69, 9.17) is 5.11 Å². The summed E-state index contributed by atoms with van der Waals surface area (Å²) in [5, 5.41) is 9.01. The summed E-state index contributed by atoms with van der Waals surface area (Å²) < 4.78 is 0. The maximum absolute atomic E-state index is 10.9. The average molecular weight is 192 g/mol. The van der Waals surface area contributed by atoms with Gasteiger partial charge >= 0.3 is 5.97 Å². The lowest BCUT2D eigenvalue weighted by Gasteiger charge is -2.27. The highest BCUT2D eigenvalue weighted by molar-refractivity contribution is 5.71. The summed E-state index contributed by atoms with van der Waals surface area (Å²) in [5.74, 6) is 0.967. The quantitative estimate of drug-likeness (QED) is 0.648. The largest absolute Gasteiger partial charge is 0.481 e. The fraction of sp³-hybridized carbons (Fsp3) is 0.750. The number of aliphatic carboxylic acids is 1. The van der Waals surface area contributed by atoms with Crippen LogP contribution in [0.3, 0.4) is 0 Å². The number of fused-ring (bicyclic) bond motifs is 4. The van der Waals surface area contributed by atoms with Gasteiger partial charge in [0.1, 0.15) is 0 Å². The minimum Gasteiger partial charge on any atom is -0.481 e. The standard InChI is InChI=1S/C12H16O2/c13-12(14)9-3-4-10-7-1-2-8(5-7)11(10)6-9/h7-9H,1-6H2,(H,13,14). The number of rotatable bonds is 1. The molecule has 3 unspecified atom stereocenters. The summed E-state index contributed by atoms with van der Waals surface area (Å²) in [6.07, 6.45) is 6.88. The molecular formula is C12H16O2. The Morgan fingerprint density at radius 3 is 2.57 bits per heavy atom. The van der Waals surface area contributed by atoms with E-state index in [2.05, 4.69) is 0 Å². The second kappa shape index (κ2) is 2.85. The van der Waals surface area contributed by atoms with Gasteiger partial charge in [0.15, 0.2) is 0 Å². The Balaban J connectivity index is 1.86. The van der Waals surface area contributed by atoms with Crippen LogP contribution in [0.1, 0.15) is 38.5 Å². The third-order valence-corrected chi connectivity index (χ3v) is 4.41. The van der Waals surface area contributed by atoms with Gasteiger partial charge in [0.2, 0.25) is 0 Å². The summed E-state index contributed by atoms with van der Waals surface area (Å²) in [6.45, 7) is 0. The second-order valence-corrected chi connectivity index (χ2v) is 5.04. The van der Waals surface area contributed by atoms with Crippen LogP contribution in [-0.4, -0.2) is 11.1 Å². The molecule has 2 bridgehead atoms. The fourth-order valence-electron chi connectivity index (χ4n) is 3.71. The lowest BCUT2D eigenvalue weighted by molar-refractivity contribution is -0.142. The Morgan fingerprint density at radius 2 is 1.86 bits per heavy atom. The van der Waals surface area contributed by atoms with E-state index in [1.807, 2.05) is 0 Å². The van der Waals surface area contributed by atoms with Crippen molar-refractivity contribution in [3.8, 4) is 0 Å². The van der Waals surface area contributed by atoms with Crippen molar-refractivity contribution in [2.24, 2.45) is 17.8 Å². The van der Waals surface area contributed by atoms with Crippen LogP contribution in [0.4, 0.5) is 0 Å². The molecule has 0 aromatic rings. The van der Waals surface area contributed by atoms with Crippen molar-refractivity contribution in [2.45, 2.75) is 38.5 Å². The molecule has 2 nitrogen and oxygen atoms in total. The van der Waals surface area contributed by atoms with Crippen molar-refractivity contribution in [1.82, 2.24) is 0 Å². The average Bonchev–Trinajstić information content (AvgIpc) is 2.77. The zero-order chi connectivity index (χ0) is 9.71. The Morgan fingerprint density at radius 1 is 1.14 bits per heavy atom. The first kappa shape index (κ1) is 8.51. The molecular weight excluding hydrogens is 176 g/mol. The summed E-state index contributed by atoms with van der Waals surface area (Å²) in [7, 11) is 0. The Bertz CT molecular complexity index is 316. The molecule has 0 aromatic carbocycles. The molecule has 1 fully saturated rings. The van der Waals surface area contributed by atoms with Crippen molar-refractivity contribution < 1.29 is 9.90 Å². The topological polar surface area (TPSA) is 37.3 Å².